The van der Waals surface area contributed by atoms with Gasteiger partial charge in [0.25, 0.3) is 0 Å². The number of hydrogen-bond donors (Lipinski definition) is 1. The lowest BCUT2D eigenvalue weighted by Crippen LogP contribution is -2.28. The van der Waals surface area contributed by atoms with Crippen LogP contribution in [0.1, 0.15) is 46.5 Å². The molecule has 166 valence electrons. The normalized spacial score (nSPS) is 12.1. The first-order valence-electron chi connectivity index (χ1n) is 10.3. The molecule has 0 saturated carbocycles. The van der Waals surface area contributed by atoms with Gasteiger partial charge in [-0.25, -0.2) is 9.59 Å². The molecule has 0 aromatic heterocycles. The van der Waals surface area contributed by atoms with Crippen LogP contribution in [-0.4, -0.2) is 24.8 Å². The van der Waals surface area contributed by atoms with Gasteiger partial charge in [-0.05, 0) is 49.5 Å². The van der Waals surface area contributed by atoms with Crippen LogP contribution in [0.5, 0.6) is 0 Å². The second kappa shape index (κ2) is 11.9. The smallest absolute Gasteiger partial charge is 0.441 e. The Morgan fingerprint density at radius 2 is 1.68 bits per heavy atom. The van der Waals surface area contributed by atoms with Crippen LogP contribution in [-0.2, 0) is 20.9 Å². The van der Waals surface area contributed by atoms with Crippen molar-refractivity contribution in [3.8, 4) is 0 Å². The van der Waals surface area contributed by atoms with E-state index in [1.54, 1.807) is 6.08 Å². The first kappa shape index (κ1) is 24.2. The van der Waals surface area contributed by atoms with E-state index < -0.39 is 12.1 Å². The van der Waals surface area contributed by atoms with Crippen molar-refractivity contribution in [3.05, 3.63) is 82.4 Å². The number of hydrogen-bond acceptors (Lipinski definition) is 5. The summed E-state index contributed by atoms with van der Waals surface area (Å²) in [5, 5.41) is 0. The van der Waals surface area contributed by atoms with E-state index in [1.165, 1.54) is 0 Å². The Bertz CT molecular complexity index is 882. The molecule has 2 aromatic rings. The molecule has 31 heavy (non-hydrogen) atoms. The monoisotopic (exact) mass is 425 g/mol. The fourth-order valence-corrected chi connectivity index (χ4v) is 3.22. The van der Waals surface area contributed by atoms with Gasteiger partial charge in [0, 0.05) is 0 Å². The van der Waals surface area contributed by atoms with E-state index >= 15 is 0 Å². The van der Waals surface area contributed by atoms with Crippen LogP contribution >= 0.6 is 0 Å². The molecule has 0 aliphatic carbocycles. The van der Waals surface area contributed by atoms with Gasteiger partial charge in [0.15, 0.2) is 0 Å². The number of rotatable bonds is 8. The Balaban J connectivity index is 1.77. The minimum Gasteiger partial charge on any atom is -0.443 e. The molecule has 6 heteroatoms. The molecule has 1 unspecified atom stereocenters. The molecular formula is C25H31NO5. The highest BCUT2D eigenvalue weighted by atomic mass is 16.7. The minimum absolute atomic E-state index is 0.0316. The Morgan fingerprint density at radius 1 is 1.03 bits per heavy atom. The van der Waals surface area contributed by atoms with Crippen molar-refractivity contribution in [2.24, 2.45) is 5.92 Å². The summed E-state index contributed by atoms with van der Waals surface area (Å²) in [6, 6.07) is 13.7. The Morgan fingerprint density at radius 3 is 2.29 bits per heavy atom. The Labute approximate surface area is 184 Å². The van der Waals surface area contributed by atoms with Gasteiger partial charge in [0.05, 0.1) is 18.3 Å². The fourth-order valence-electron chi connectivity index (χ4n) is 3.22. The van der Waals surface area contributed by atoms with E-state index in [4.69, 9.17) is 14.3 Å². The Hall–Kier alpha value is -3.12. The number of hydroxylamine groups is 1. The molecule has 2 rings (SSSR count). The number of carbonyl (C=O) groups is 2. The zero-order chi connectivity index (χ0) is 22.8. The SMILES string of the molecule is Cc1cc(C)c(C(=O)ONC(=O)OC/C=C\C(OCc2ccccc2)C(C)C)c(C)c1. The molecule has 0 aliphatic rings. The number of aryl methyl sites for hydroxylation is 3. The van der Waals surface area contributed by atoms with Gasteiger partial charge < -0.3 is 14.3 Å². The molecule has 0 spiro atoms. The summed E-state index contributed by atoms with van der Waals surface area (Å²) in [4.78, 5) is 29.0. The predicted molar refractivity (Wildman–Crippen MR) is 120 cm³/mol. The highest BCUT2D eigenvalue weighted by Crippen LogP contribution is 2.17. The number of nitrogens with one attached hydrogen (secondary N) is 1. The molecule has 2 aromatic carbocycles. The van der Waals surface area contributed by atoms with E-state index in [-0.39, 0.29) is 18.6 Å². The molecule has 1 amide bonds. The van der Waals surface area contributed by atoms with Crippen LogP contribution in [0.4, 0.5) is 4.79 Å². The standard InChI is InChI=1S/C25H31NO5/c1-17(2)22(30-16-21-10-7-6-8-11-21)12-9-13-29-25(28)26-31-24(27)23-19(4)14-18(3)15-20(23)5/h6-12,14-15,17,22H,13,16H2,1-5H3,(H,26,28)/b12-9-. The molecule has 6 nitrogen and oxygen atoms in total. The summed E-state index contributed by atoms with van der Waals surface area (Å²) in [5.41, 5.74) is 6.19. The molecule has 0 heterocycles. The van der Waals surface area contributed by atoms with Gasteiger partial charge in [-0.15, -0.1) is 5.48 Å². The lowest BCUT2D eigenvalue weighted by molar-refractivity contribution is 0.0219. The van der Waals surface area contributed by atoms with E-state index in [0.29, 0.717) is 12.2 Å². The maximum atomic E-state index is 12.3. The number of ether oxygens (including phenoxy) is 2. The van der Waals surface area contributed by atoms with Crippen molar-refractivity contribution in [2.45, 2.75) is 47.3 Å². The van der Waals surface area contributed by atoms with Crippen molar-refractivity contribution < 1.29 is 23.9 Å². The summed E-state index contributed by atoms with van der Waals surface area (Å²) >= 11 is 0. The summed E-state index contributed by atoms with van der Waals surface area (Å²) in [6.45, 7) is 10.3. The van der Waals surface area contributed by atoms with Gasteiger partial charge in [-0.1, -0.05) is 68.0 Å². The van der Waals surface area contributed by atoms with E-state index in [9.17, 15) is 9.59 Å². The zero-order valence-corrected chi connectivity index (χ0v) is 18.8. The summed E-state index contributed by atoms with van der Waals surface area (Å²) in [6.07, 6.45) is 2.63. The second-order valence-electron chi connectivity index (χ2n) is 7.80. The van der Waals surface area contributed by atoms with Crippen molar-refractivity contribution >= 4 is 12.1 Å². The molecule has 0 bridgehead atoms. The minimum atomic E-state index is -0.841. The highest BCUT2D eigenvalue weighted by Gasteiger charge is 2.16. The van der Waals surface area contributed by atoms with Crippen LogP contribution in [0.25, 0.3) is 0 Å². The topological polar surface area (TPSA) is 73.9 Å². The van der Waals surface area contributed by atoms with Crippen molar-refractivity contribution in [3.63, 3.8) is 0 Å². The van der Waals surface area contributed by atoms with E-state index in [1.807, 2.05) is 74.8 Å². The lowest BCUT2D eigenvalue weighted by Gasteiger charge is -2.18. The van der Waals surface area contributed by atoms with Crippen molar-refractivity contribution in [1.29, 1.82) is 0 Å². The first-order chi connectivity index (χ1) is 14.8. The molecule has 0 aliphatic heterocycles. The fraction of sp³-hybridized carbons (Fsp3) is 0.360. The summed E-state index contributed by atoms with van der Waals surface area (Å²) in [7, 11) is 0. The predicted octanol–water partition coefficient (Wildman–Crippen LogP) is 5.21. The van der Waals surface area contributed by atoms with Crippen LogP contribution < -0.4 is 5.48 Å². The maximum Gasteiger partial charge on any atom is 0.441 e. The van der Waals surface area contributed by atoms with Crippen molar-refractivity contribution in [1.82, 2.24) is 5.48 Å². The van der Waals surface area contributed by atoms with Gasteiger partial charge in [-0.2, -0.15) is 0 Å². The van der Waals surface area contributed by atoms with Crippen LogP contribution in [0.3, 0.4) is 0 Å². The molecule has 0 radical (unpaired) electrons. The Kier molecular flexibility index (Phi) is 9.28. The number of carbonyl (C=O) groups excluding carboxylic acids is 2. The van der Waals surface area contributed by atoms with Crippen molar-refractivity contribution in [2.75, 3.05) is 6.61 Å². The first-order valence-corrected chi connectivity index (χ1v) is 10.3. The number of benzene rings is 2. The summed E-state index contributed by atoms with van der Waals surface area (Å²) < 4.78 is 11.0. The third-order valence-corrected chi connectivity index (χ3v) is 4.69. The average Bonchev–Trinajstić information content (AvgIpc) is 2.71. The van der Waals surface area contributed by atoms with Gasteiger partial charge in [0.2, 0.25) is 0 Å². The zero-order valence-electron chi connectivity index (χ0n) is 18.8. The largest absolute Gasteiger partial charge is 0.443 e. The third-order valence-electron chi connectivity index (χ3n) is 4.69. The van der Waals surface area contributed by atoms with Gasteiger partial charge in [-0.3, -0.25) is 0 Å². The molecular weight excluding hydrogens is 394 g/mol. The van der Waals surface area contributed by atoms with E-state index in [0.717, 1.165) is 22.3 Å². The maximum absolute atomic E-state index is 12.3. The van der Waals surface area contributed by atoms with Crippen LogP contribution in [0.15, 0.2) is 54.6 Å². The third kappa shape index (κ3) is 7.90. The summed E-state index contributed by atoms with van der Waals surface area (Å²) in [5.74, 6) is -0.368. The molecule has 1 N–H and O–H groups in total. The van der Waals surface area contributed by atoms with Gasteiger partial charge in [0.1, 0.15) is 6.61 Å². The molecule has 1 atom stereocenters. The quantitative estimate of drug-likeness (QED) is 0.464. The lowest BCUT2D eigenvalue weighted by atomic mass is 10.0. The van der Waals surface area contributed by atoms with Gasteiger partial charge >= 0.3 is 12.1 Å². The van der Waals surface area contributed by atoms with Crippen LogP contribution in [0.2, 0.25) is 0 Å². The molecule has 0 fully saturated rings. The number of amides is 1. The average molecular weight is 426 g/mol. The van der Waals surface area contributed by atoms with Crippen LogP contribution in [0, 0.1) is 26.7 Å². The molecule has 0 saturated heterocycles. The van der Waals surface area contributed by atoms with E-state index in [2.05, 4.69) is 13.8 Å². The second-order valence-corrected chi connectivity index (χ2v) is 7.80. The highest BCUT2D eigenvalue weighted by molar-refractivity contribution is 5.93.